The first kappa shape index (κ1) is 10.9. The van der Waals surface area contributed by atoms with Crippen LogP contribution >= 0.6 is 0 Å². The van der Waals surface area contributed by atoms with E-state index >= 15 is 0 Å². The van der Waals surface area contributed by atoms with Gasteiger partial charge in [-0.1, -0.05) is 0 Å². The van der Waals surface area contributed by atoms with Crippen LogP contribution in [0.4, 0.5) is 5.69 Å². The van der Waals surface area contributed by atoms with Gasteiger partial charge in [-0.15, -0.1) is 0 Å². The highest BCUT2D eigenvalue weighted by molar-refractivity contribution is 7.93. The molecule has 78 valence electrons. The molecule has 0 spiro atoms. The average molecular weight is 216 g/mol. The van der Waals surface area contributed by atoms with Crippen LogP contribution in [0.3, 0.4) is 0 Å². The molecule has 2 N–H and O–H groups in total. The van der Waals surface area contributed by atoms with Gasteiger partial charge in [0.25, 0.3) is 0 Å². The maximum absolute atomic E-state index is 11.4. The van der Waals surface area contributed by atoms with E-state index in [1.165, 1.54) is 19.3 Å². The highest BCUT2D eigenvalue weighted by Crippen LogP contribution is 2.09. The van der Waals surface area contributed by atoms with Crippen molar-refractivity contribution in [3.8, 4) is 0 Å². The smallest absolute Gasteiger partial charge is 0.237 e. The summed E-state index contributed by atoms with van der Waals surface area (Å²) in [5, 5.41) is 7.89. The van der Waals surface area contributed by atoms with Gasteiger partial charge in [0, 0.05) is 12.4 Å². The Morgan fingerprint density at radius 3 is 2.57 bits per heavy atom. The zero-order valence-electron chi connectivity index (χ0n) is 7.71. The minimum Gasteiger partial charge on any atom is -0.395 e. The Labute approximate surface area is 82.9 Å². The van der Waals surface area contributed by atoms with Gasteiger partial charge in [-0.3, -0.25) is 9.71 Å². The van der Waals surface area contributed by atoms with Gasteiger partial charge in [-0.05, 0) is 19.1 Å². The van der Waals surface area contributed by atoms with Crippen LogP contribution in [0, 0.1) is 0 Å². The Hall–Kier alpha value is -1.14. The lowest BCUT2D eigenvalue weighted by molar-refractivity contribution is 0.296. The van der Waals surface area contributed by atoms with E-state index in [1.54, 1.807) is 12.1 Å². The maximum atomic E-state index is 11.4. The van der Waals surface area contributed by atoms with E-state index in [2.05, 4.69) is 9.71 Å². The van der Waals surface area contributed by atoms with Crippen LogP contribution in [0.2, 0.25) is 0 Å². The fourth-order valence-electron chi connectivity index (χ4n) is 0.783. The molecule has 0 bridgehead atoms. The zero-order chi connectivity index (χ0) is 10.6. The van der Waals surface area contributed by atoms with Gasteiger partial charge in [-0.2, -0.15) is 0 Å². The van der Waals surface area contributed by atoms with Crippen molar-refractivity contribution in [2.75, 3.05) is 11.3 Å². The number of sulfonamides is 1. The van der Waals surface area contributed by atoms with Crippen molar-refractivity contribution < 1.29 is 13.5 Å². The lowest BCUT2D eigenvalue weighted by Gasteiger charge is -2.11. The monoisotopic (exact) mass is 216 g/mol. The SMILES string of the molecule is CC(CO)S(=O)(=O)Nc1ccncc1. The van der Waals surface area contributed by atoms with Crippen molar-refractivity contribution in [3.05, 3.63) is 24.5 Å². The third-order valence-corrected chi connectivity index (χ3v) is 3.46. The molecular formula is C8H12N2O3S. The van der Waals surface area contributed by atoms with E-state index in [4.69, 9.17) is 5.11 Å². The molecule has 0 aliphatic rings. The van der Waals surface area contributed by atoms with Gasteiger partial charge < -0.3 is 5.11 Å². The van der Waals surface area contributed by atoms with E-state index in [1.807, 2.05) is 0 Å². The van der Waals surface area contributed by atoms with Crippen LogP contribution < -0.4 is 4.72 Å². The molecule has 0 radical (unpaired) electrons. The van der Waals surface area contributed by atoms with Gasteiger partial charge in [0.05, 0.1) is 12.3 Å². The van der Waals surface area contributed by atoms with Crippen LogP contribution in [0.1, 0.15) is 6.92 Å². The summed E-state index contributed by atoms with van der Waals surface area (Å²) in [7, 11) is -3.49. The first-order chi connectivity index (χ1) is 6.56. The number of aliphatic hydroxyl groups excluding tert-OH is 1. The Kier molecular flexibility index (Phi) is 3.43. The number of nitrogens with one attached hydrogen (secondary N) is 1. The van der Waals surface area contributed by atoms with Crippen LogP contribution in [0.15, 0.2) is 24.5 Å². The second-order valence-electron chi connectivity index (χ2n) is 2.88. The molecule has 0 fully saturated rings. The molecule has 1 rings (SSSR count). The molecule has 1 atom stereocenters. The molecule has 1 aromatic rings. The number of anilines is 1. The fraction of sp³-hybridized carbons (Fsp3) is 0.375. The number of hydrogen-bond donors (Lipinski definition) is 2. The summed E-state index contributed by atoms with van der Waals surface area (Å²) in [5.74, 6) is 0. The summed E-state index contributed by atoms with van der Waals surface area (Å²) in [6.07, 6.45) is 2.98. The van der Waals surface area contributed by atoms with E-state index in [0.29, 0.717) is 5.69 Å². The number of nitrogens with zero attached hydrogens (tertiary/aromatic N) is 1. The van der Waals surface area contributed by atoms with Crippen molar-refractivity contribution in [1.29, 1.82) is 0 Å². The fourth-order valence-corrected chi connectivity index (χ4v) is 1.64. The Balaban J connectivity index is 2.79. The van der Waals surface area contributed by atoms with Crippen molar-refractivity contribution in [2.24, 2.45) is 0 Å². The van der Waals surface area contributed by atoms with Gasteiger partial charge in [-0.25, -0.2) is 8.42 Å². The largest absolute Gasteiger partial charge is 0.395 e. The molecule has 0 aliphatic heterocycles. The Morgan fingerprint density at radius 2 is 2.07 bits per heavy atom. The average Bonchev–Trinajstić information content (AvgIpc) is 2.17. The molecule has 1 unspecified atom stereocenters. The van der Waals surface area contributed by atoms with Gasteiger partial charge in [0.15, 0.2) is 0 Å². The van der Waals surface area contributed by atoms with Crippen LogP contribution in [0.25, 0.3) is 0 Å². The third kappa shape index (κ3) is 2.68. The first-order valence-electron chi connectivity index (χ1n) is 4.09. The van der Waals surface area contributed by atoms with E-state index in [-0.39, 0.29) is 0 Å². The lowest BCUT2D eigenvalue weighted by Crippen LogP contribution is -2.28. The predicted octanol–water partition coefficient (Wildman–Crippen LogP) is 0.204. The quantitative estimate of drug-likeness (QED) is 0.753. The van der Waals surface area contributed by atoms with E-state index < -0.39 is 21.9 Å². The topological polar surface area (TPSA) is 79.3 Å². The van der Waals surface area contributed by atoms with Crippen LogP contribution in [-0.2, 0) is 10.0 Å². The summed E-state index contributed by atoms with van der Waals surface area (Å²) < 4.78 is 25.2. The molecule has 0 aromatic carbocycles. The van der Waals surface area contributed by atoms with Crippen molar-refractivity contribution in [3.63, 3.8) is 0 Å². The molecular weight excluding hydrogens is 204 g/mol. The predicted molar refractivity (Wildman–Crippen MR) is 53.3 cm³/mol. The standard InChI is InChI=1S/C8H12N2O3S/c1-7(6-11)14(12,13)10-8-2-4-9-5-3-8/h2-5,7,11H,6H2,1H3,(H,9,10). The number of hydrogen-bond acceptors (Lipinski definition) is 4. The van der Waals surface area contributed by atoms with E-state index in [0.717, 1.165) is 0 Å². The van der Waals surface area contributed by atoms with Crippen LogP contribution in [0.5, 0.6) is 0 Å². The third-order valence-electron chi connectivity index (χ3n) is 1.73. The highest BCUT2D eigenvalue weighted by atomic mass is 32.2. The molecule has 1 aromatic heterocycles. The summed E-state index contributed by atoms with van der Waals surface area (Å²) in [6, 6.07) is 3.09. The van der Waals surface area contributed by atoms with E-state index in [9.17, 15) is 8.42 Å². The summed E-state index contributed by atoms with van der Waals surface area (Å²) in [6.45, 7) is 1.03. The molecule has 14 heavy (non-hydrogen) atoms. The molecule has 0 saturated heterocycles. The Bertz CT molecular complexity index is 377. The highest BCUT2D eigenvalue weighted by Gasteiger charge is 2.19. The molecule has 0 saturated carbocycles. The minimum absolute atomic E-state index is 0.402. The van der Waals surface area contributed by atoms with Gasteiger partial charge in [0.1, 0.15) is 5.25 Å². The number of pyridine rings is 1. The second-order valence-corrected chi connectivity index (χ2v) is 4.98. The normalized spacial score (nSPS) is 13.6. The van der Waals surface area contributed by atoms with Crippen molar-refractivity contribution in [2.45, 2.75) is 12.2 Å². The Morgan fingerprint density at radius 1 is 1.50 bits per heavy atom. The van der Waals surface area contributed by atoms with Gasteiger partial charge >= 0.3 is 0 Å². The number of rotatable bonds is 4. The van der Waals surface area contributed by atoms with Crippen LogP contribution in [-0.4, -0.2) is 30.4 Å². The van der Waals surface area contributed by atoms with Gasteiger partial charge in [0.2, 0.25) is 10.0 Å². The first-order valence-corrected chi connectivity index (χ1v) is 5.63. The number of aromatic nitrogens is 1. The maximum Gasteiger partial charge on any atom is 0.237 e. The molecule has 0 aliphatic carbocycles. The minimum atomic E-state index is -3.49. The molecule has 6 heteroatoms. The summed E-state index contributed by atoms with van der Waals surface area (Å²) in [5.41, 5.74) is 0.445. The zero-order valence-corrected chi connectivity index (χ0v) is 8.53. The second kappa shape index (κ2) is 4.39. The molecule has 1 heterocycles. The van der Waals surface area contributed by atoms with Crippen molar-refractivity contribution >= 4 is 15.7 Å². The molecule has 0 amide bonds. The number of aliphatic hydroxyl groups is 1. The summed E-state index contributed by atoms with van der Waals surface area (Å²) >= 11 is 0. The summed E-state index contributed by atoms with van der Waals surface area (Å²) in [4.78, 5) is 3.76. The van der Waals surface area contributed by atoms with Crippen molar-refractivity contribution in [1.82, 2.24) is 4.98 Å². The lowest BCUT2D eigenvalue weighted by atomic mass is 10.4. The molecule has 5 nitrogen and oxygen atoms in total.